The number of aromatic carboxylic acids is 3. The standard InChI is InChI=1S/3C14H9NO2S.Ir/c3*16-14(17)10-5-3-7-15-13(10)12-8-9-4-1-2-6-11(9)18-12;/h3*1-8H,(H,16,17);. The Labute approximate surface area is 339 Å². The zero-order valence-corrected chi connectivity index (χ0v) is 33.2. The van der Waals surface area contributed by atoms with E-state index in [1.807, 2.05) is 91.0 Å². The van der Waals surface area contributed by atoms with E-state index in [1.165, 1.54) is 0 Å². The minimum Gasteiger partial charge on any atom is -0.478 e. The van der Waals surface area contributed by atoms with Crippen molar-refractivity contribution >= 4 is 82.2 Å². The zero-order chi connectivity index (χ0) is 37.6. The van der Waals surface area contributed by atoms with Crippen LogP contribution in [-0.4, -0.2) is 48.2 Å². The van der Waals surface area contributed by atoms with Crippen LogP contribution in [0.15, 0.2) is 146 Å². The van der Waals surface area contributed by atoms with Crippen LogP contribution < -0.4 is 0 Å². The summed E-state index contributed by atoms with van der Waals surface area (Å²) in [5.41, 5.74) is 2.32. The molecule has 0 aliphatic rings. The molecule has 0 amide bonds. The molecule has 0 fully saturated rings. The normalized spacial score (nSPS) is 10.5. The van der Waals surface area contributed by atoms with Crippen LogP contribution in [0.2, 0.25) is 0 Å². The first-order chi connectivity index (χ1) is 26.3. The maximum absolute atomic E-state index is 11.2. The van der Waals surface area contributed by atoms with Crippen molar-refractivity contribution in [2.75, 3.05) is 0 Å². The number of nitrogens with zero attached hydrogens (tertiary/aromatic N) is 3. The van der Waals surface area contributed by atoms with Crippen LogP contribution in [0.5, 0.6) is 0 Å². The quantitative estimate of drug-likeness (QED) is 0.148. The monoisotopic (exact) mass is 958 g/mol. The molecule has 3 N–H and O–H groups in total. The Balaban J connectivity index is 0.000000139. The van der Waals surface area contributed by atoms with Crippen molar-refractivity contribution in [3.8, 4) is 31.7 Å². The first kappa shape index (κ1) is 38.8. The van der Waals surface area contributed by atoms with Crippen molar-refractivity contribution in [2.45, 2.75) is 0 Å². The maximum Gasteiger partial charge on any atom is 0.337 e. The first-order valence-electron chi connectivity index (χ1n) is 16.3. The van der Waals surface area contributed by atoms with Crippen LogP contribution in [-0.2, 0) is 20.1 Å². The van der Waals surface area contributed by atoms with Gasteiger partial charge in [0.15, 0.2) is 0 Å². The Morgan fingerprint density at radius 3 is 0.927 bits per heavy atom. The van der Waals surface area contributed by atoms with Crippen molar-refractivity contribution in [1.29, 1.82) is 0 Å². The largest absolute Gasteiger partial charge is 0.478 e. The average molecular weight is 958 g/mol. The molecule has 0 bridgehead atoms. The number of carbonyl (C=O) groups is 3. The van der Waals surface area contributed by atoms with Gasteiger partial charge in [-0.3, -0.25) is 15.0 Å². The molecule has 3 aromatic carbocycles. The molecule has 0 unspecified atom stereocenters. The summed E-state index contributed by atoms with van der Waals surface area (Å²) in [6.45, 7) is 0. The molecule has 0 aliphatic heterocycles. The topological polar surface area (TPSA) is 151 Å². The molecule has 1 radical (unpaired) electrons. The third-order valence-electron chi connectivity index (χ3n) is 8.09. The summed E-state index contributed by atoms with van der Waals surface area (Å²) in [5, 5.41) is 30.8. The van der Waals surface area contributed by atoms with E-state index in [0.717, 1.165) is 44.9 Å². The van der Waals surface area contributed by atoms with E-state index in [9.17, 15) is 14.4 Å². The summed E-state index contributed by atoms with van der Waals surface area (Å²) in [7, 11) is 0. The third-order valence-corrected chi connectivity index (χ3v) is 11.5. The Morgan fingerprint density at radius 1 is 0.400 bits per heavy atom. The fraction of sp³-hybridized carbons (Fsp3) is 0. The smallest absolute Gasteiger partial charge is 0.337 e. The van der Waals surface area contributed by atoms with Gasteiger partial charge in [-0.05, 0) is 89.0 Å². The summed E-state index contributed by atoms with van der Waals surface area (Å²) in [6, 6.07) is 39.5. The predicted octanol–water partition coefficient (Wildman–Crippen LogP) is 11.0. The molecule has 0 saturated heterocycles. The minimum absolute atomic E-state index is 0. The Kier molecular flexibility index (Phi) is 12.3. The minimum atomic E-state index is -0.949. The van der Waals surface area contributed by atoms with E-state index in [2.05, 4.69) is 15.0 Å². The first-order valence-corrected chi connectivity index (χ1v) is 18.7. The van der Waals surface area contributed by atoms with Gasteiger partial charge in [0.05, 0.1) is 48.4 Å². The molecule has 13 heteroatoms. The van der Waals surface area contributed by atoms with Crippen molar-refractivity contribution in [2.24, 2.45) is 0 Å². The van der Waals surface area contributed by atoms with Crippen LogP contribution >= 0.6 is 34.0 Å². The number of thiophene rings is 3. The number of benzene rings is 3. The molecule has 6 aromatic heterocycles. The number of carboxylic acid groups (broad SMARTS) is 3. The van der Waals surface area contributed by atoms with Gasteiger partial charge in [0, 0.05) is 52.8 Å². The molecule has 273 valence electrons. The van der Waals surface area contributed by atoms with Crippen LogP contribution in [0.3, 0.4) is 0 Å². The fourth-order valence-electron chi connectivity index (χ4n) is 5.62. The molecular weight excluding hydrogens is 931 g/mol. The number of pyridine rings is 3. The van der Waals surface area contributed by atoms with Crippen LogP contribution in [0.4, 0.5) is 0 Å². The molecule has 9 aromatic rings. The molecule has 9 nitrogen and oxygen atoms in total. The van der Waals surface area contributed by atoms with E-state index < -0.39 is 17.9 Å². The number of fused-ring (bicyclic) bond motifs is 3. The van der Waals surface area contributed by atoms with Gasteiger partial charge in [-0.25, -0.2) is 14.4 Å². The second-order valence-corrected chi connectivity index (χ2v) is 14.8. The van der Waals surface area contributed by atoms with Gasteiger partial charge in [0.1, 0.15) is 0 Å². The summed E-state index contributed by atoms with van der Waals surface area (Å²) in [6.07, 6.45) is 4.85. The Bertz CT molecular complexity index is 2410. The van der Waals surface area contributed by atoms with Crippen molar-refractivity contribution < 1.29 is 49.8 Å². The molecular formula is C42H27IrN3O6S3. The van der Waals surface area contributed by atoms with Gasteiger partial charge >= 0.3 is 17.9 Å². The number of hydrogen-bond donors (Lipinski definition) is 3. The second kappa shape index (κ2) is 17.5. The Morgan fingerprint density at radius 2 is 0.673 bits per heavy atom. The number of rotatable bonds is 6. The predicted molar refractivity (Wildman–Crippen MR) is 216 cm³/mol. The van der Waals surface area contributed by atoms with Crippen LogP contribution in [0, 0.1) is 0 Å². The third kappa shape index (κ3) is 8.73. The molecule has 9 rings (SSSR count). The molecule has 0 spiro atoms. The van der Waals surface area contributed by atoms with Crippen LogP contribution in [0.25, 0.3) is 62.0 Å². The van der Waals surface area contributed by atoms with Crippen molar-refractivity contribution in [3.63, 3.8) is 0 Å². The van der Waals surface area contributed by atoms with E-state index in [0.29, 0.717) is 17.1 Å². The molecule has 0 aliphatic carbocycles. The van der Waals surface area contributed by atoms with Gasteiger partial charge in [-0.15, -0.1) is 34.0 Å². The summed E-state index contributed by atoms with van der Waals surface area (Å²) in [5.74, 6) is -2.85. The van der Waals surface area contributed by atoms with Gasteiger partial charge in [0.25, 0.3) is 0 Å². The number of carboxylic acids is 3. The van der Waals surface area contributed by atoms with E-state index in [4.69, 9.17) is 15.3 Å². The fourth-order valence-corrected chi connectivity index (χ4v) is 8.84. The van der Waals surface area contributed by atoms with E-state index in [1.54, 1.807) is 89.0 Å². The van der Waals surface area contributed by atoms with Crippen molar-refractivity contribution in [1.82, 2.24) is 15.0 Å². The maximum atomic E-state index is 11.2. The molecule has 6 heterocycles. The molecule has 0 atom stereocenters. The molecule has 0 saturated carbocycles. The zero-order valence-electron chi connectivity index (χ0n) is 28.3. The average Bonchev–Trinajstić information content (AvgIpc) is 3.95. The summed E-state index contributed by atoms with van der Waals surface area (Å²) < 4.78 is 3.40. The number of hydrogen-bond acceptors (Lipinski definition) is 9. The number of aromatic nitrogens is 3. The summed E-state index contributed by atoms with van der Waals surface area (Å²) in [4.78, 5) is 48.8. The SMILES string of the molecule is O=C(O)c1cccnc1-c1cc2ccccc2s1.O=C(O)c1cccnc1-c1cc2ccccc2s1.O=C(O)c1cccnc1-c1cc2ccccc2s1.[Ir]. The van der Waals surface area contributed by atoms with Crippen LogP contribution in [0.1, 0.15) is 31.1 Å². The van der Waals surface area contributed by atoms with Gasteiger partial charge in [-0.1, -0.05) is 54.6 Å². The Hall–Kier alpha value is -5.95. The van der Waals surface area contributed by atoms with E-state index in [-0.39, 0.29) is 36.8 Å². The van der Waals surface area contributed by atoms with Gasteiger partial charge in [-0.2, -0.15) is 0 Å². The summed E-state index contributed by atoms with van der Waals surface area (Å²) >= 11 is 4.67. The molecule has 55 heavy (non-hydrogen) atoms. The van der Waals surface area contributed by atoms with E-state index >= 15 is 0 Å². The van der Waals surface area contributed by atoms with Gasteiger partial charge in [0.2, 0.25) is 0 Å². The van der Waals surface area contributed by atoms with Gasteiger partial charge < -0.3 is 15.3 Å². The van der Waals surface area contributed by atoms with Crippen molar-refractivity contribution in [3.05, 3.63) is 163 Å². The second-order valence-electron chi connectivity index (χ2n) is 11.6.